The first-order chi connectivity index (χ1) is 15.4. The Labute approximate surface area is 186 Å². The van der Waals surface area contributed by atoms with E-state index >= 15 is 0 Å². The van der Waals surface area contributed by atoms with Gasteiger partial charge in [-0.05, 0) is 31.5 Å². The fourth-order valence-electron chi connectivity index (χ4n) is 3.45. The first-order valence-electron chi connectivity index (χ1n) is 10.1. The number of hydrogen-bond acceptors (Lipinski definition) is 4. The Hall–Kier alpha value is -3.01. The molecule has 0 fully saturated rings. The maximum absolute atomic E-state index is 13.1. The summed E-state index contributed by atoms with van der Waals surface area (Å²) in [7, 11) is 0. The molecule has 178 valence electrons. The van der Waals surface area contributed by atoms with E-state index in [1.54, 1.807) is 18.7 Å². The SMILES string of the molecule is CCN(Cc1nc(Cc2ccccc2)oc1C)c1ccc(C(O)(C(F)(F)F)C(F)(F)F)cc1. The lowest BCUT2D eigenvalue weighted by Crippen LogP contribution is -2.53. The van der Waals surface area contributed by atoms with Crippen molar-refractivity contribution in [3.63, 3.8) is 0 Å². The molecule has 0 atom stereocenters. The van der Waals surface area contributed by atoms with Gasteiger partial charge >= 0.3 is 12.4 Å². The number of aryl methyl sites for hydroxylation is 1. The molecule has 33 heavy (non-hydrogen) atoms. The lowest BCUT2D eigenvalue weighted by Gasteiger charge is -2.33. The Kier molecular flexibility index (Phi) is 6.78. The fraction of sp³-hybridized carbons (Fsp3) is 0.348. The molecule has 0 unspecified atom stereocenters. The van der Waals surface area contributed by atoms with Crippen molar-refractivity contribution in [2.45, 2.75) is 44.8 Å². The molecule has 0 saturated heterocycles. The molecule has 0 saturated carbocycles. The van der Waals surface area contributed by atoms with Crippen LogP contribution in [0.3, 0.4) is 0 Å². The molecule has 4 nitrogen and oxygen atoms in total. The van der Waals surface area contributed by atoms with E-state index in [0.29, 0.717) is 48.1 Å². The van der Waals surface area contributed by atoms with Gasteiger partial charge in [0.2, 0.25) is 0 Å². The molecular formula is C23H22F6N2O2. The maximum Gasteiger partial charge on any atom is 0.430 e. The monoisotopic (exact) mass is 472 g/mol. The summed E-state index contributed by atoms with van der Waals surface area (Å²) in [4.78, 5) is 6.22. The van der Waals surface area contributed by atoms with Crippen LogP contribution >= 0.6 is 0 Å². The summed E-state index contributed by atoms with van der Waals surface area (Å²) in [5.41, 5.74) is -4.26. The fourth-order valence-corrected chi connectivity index (χ4v) is 3.45. The molecule has 0 spiro atoms. The third-order valence-electron chi connectivity index (χ3n) is 5.33. The number of aliphatic hydroxyl groups is 1. The van der Waals surface area contributed by atoms with Gasteiger partial charge in [0.15, 0.2) is 5.89 Å². The molecular weight excluding hydrogens is 450 g/mol. The van der Waals surface area contributed by atoms with Crippen LogP contribution in [0.5, 0.6) is 0 Å². The predicted octanol–water partition coefficient (Wildman–Crippen LogP) is 5.91. The standard InChI is InChI=1S/C23H22F6N2O2/c1-3-31(14-19-15(2)33-20(30-19)13-16-7-5-4-6-8-16)18-11-9-17(10-12-18)21(32,22(24,25)26)23(27,28)29/h4-12,32H,3,13-14H2,1-2H3. The third kappa shape index (κ3) is 5.00. The van der Waals surface area contributed by atoms with Gasteiger partial charge in [0.05, 0.1) is 6.54 Å². The van der Waals surface area contributed by atoms with Crippen molar-refractivity contribution < 1.29 is 35.9 Å². The molecule has 1 aromatic heterocycles. The lowest BCUT2D eigenvalue weighted by molar-refractivity contribution is -0.376. The van der Waals surface area contributed by atoms with Crippen LogP contribution < -0.4 is 4.90 Å². The Bertz CT molecular complexity index is 1050. The molecule has 0 bridgehead atoms. The van der Waals surface area contributed by atoms with Crippen molar-refractivity contribution in [1.82, 2.24) is 4.98 Å². The van der Waals surface area contributed by atoms with E-state index in [2.05, 4.69) is 4.98 Å². The molecule has 1 heterocycles. The van der Waals surface area contributed by atoms with Crippen molar-refractivity contribution in [2.24, 2.45) is 0 Å². The second kappa shape index (κ2) is 9.09. The van der Waals surface area contributed by atoms with Gasteiger partial charge in [-0.15, -0.1) is 0 Å². The first kappa shape index (κ1) is 24.6. The molecule has 1 N–H and O–H groups in total. The summed E-state index contributed by atoms with van der Waals surface area (Å²) in [6, 6.07) is 13.0. The quantitative estimate of drug-likeness (QED) is 0.434. The summed E-state index contributed by atoms with van der Waals surface area (Å²) in [5, 5.41) is 9.55. The number of oxazole rings is 1. The number of halogens is 6. The van der Waals surface area contributed by atoms with Crippen molar-refractivity contribution in [3.05, 3.63) is 83.1 Å². The van der Waals surface area contributed by atoms with Crippen LogP contribution in [0.4, 0.5) is 32.0 Å². The third-order valence-corrected chi connectivity index (χ3v) is 5.33. The summed E-state index contributed by atoms with van der Waals surface area (Å²) in [6.45, 7) is 4.17. The van der Waals surface area contributed by atoms with Gasteiger partial charge in [-0.1, -0.05) is 42.5 Å². The number of anilines is 1. The van der Waals surface area contributed by atoms with E-state index in [0.717, 1.165) is 17.7 Å². The van der Waals surface area contributed by atoms with E-state index in [-0.39, 0.29) is 6.54 Å². The van der Waals surface area contributed by atoms with E-state index < -0.39 is 23.5 Å². The van der Waals surface area contributed by atoms with Crippen LogP contribution in [0.2, 0.25) is 0 Å². The largest absolute Gasteiger partial charge is 0.445 e. The number of alkyl halides is 6. The smallest absolute Gasteiger partial charge is 0.430 e. The van der Waals surface area contributed by atoms with Crippen molar-refractivity contribution >= 4 is 5.69 Å². The Balaban J connectivity index is 1.82. The second-order valence-electron chi connectivity index (χ2n) is 7.54. The van der Waals surface area contributed by atoms with Gasteiger partial charge in [0, 0.05) is 24.2 Å². The zero-order chi connectivity index (χ0) is 24.4. The molecule has 0 aliphatic rings. The molecule has 0 aliphatic carbocycles. The van der Waals surface area contributed by atoms with Gasteiger partial charge in [-0.25, -0.2) is 4.98 Å². The van der Waals surface area contributed by atoms with Crippen LogP contribution in [-0.4, -0.2) is 29.0 Å². The predicted molar refractivity (Wildman–Crippen MR) is 110 cm³/mol. The minimum Gasteiger partial charge on any atom is -0.445 e. The van der Waals surface area contributed by atoms with E-state index in [1.807, 2.05) is 30.3 Å². The summed E-state index contributed by atoms with van der Waals surface area (Å²) >= 11 is 0. The number of nitrogens with zero attached hydrogens (tertiary/aromatic N) is 2. The van der Waals surface area contributed by atoms with Crippen LogP contribution in [0.25, 0.3) is 0 Å². The molecule has 2 aromatic carbocycles. The molecule has 0 aliphatic heterocycles. The minimum absolute atomic E-state index is 0.239. The summed E-state index contributed by atoms with van der Waals surface area (Å²) < 4.78 is 84.3. The molecule has 3 rings (SSSR count). The second-order valence-corrected chi connectivity index (χ2v) is 7.54. The molecule has 0 amide bonds. The van der Waals surface area contributed by atoms with Gasteiger partial charge in [0.25, 0.3) is 5.60 Å². The molecule has 0 radical (unpaired) electrons. The summed E-state index contributed by atoms with van der Waals surface area (Å²) in [6.07, 6.45) is -11.4. The summed E-state index contributed by atoms with van der Waals surface area (Å²) in [5.74, 6) is 1.07. The highest BCUT2D eigenvalue weighted by molar-refractivity contribution is 5.49. The van der Waals surface area contributed by atoms with E-state index in [4.69, 9.17) is 4.42 Å². The zero-order valence-corrected chi connectivity index (χ0v) is 17.8. The highest BCUT2D eigenvalue weighted by atomic mass is 19.4. The minimum atomic E-state index is -5.93. The first-order valence-corrected chi connectivity index (χ1v) is 10.1. The Morgan fingerprint density at radius 1 is 0.909 bits per heavy atom. The number of hydrogen-bond donors (Lipinski definition) is 1. The average Bonchev–Trinajstić information content (AvgIpc) is 3.09. The van der Waals surface area contributed by atoms with Crippen molar-refractivity contribution in [1.29, 1.82) is 0 Å². The van der Waals surface area contributed by atoms with Crippen LogP contribution in [0, 0.1) is 6.92 Å². The zero-order valence-electron chi connectivity index (χ0n) is 17.8. The van der Waals surface area contributed by atoms with Crippen LogP contribution in [0.1, 0.15) is 35.4 Å². The van der Waals surface area contributed by atoms with Crippen molar-refractivity contribution in [2.75, 3.05) is 11.4 Å². The van der Waals surface area contributed by atoms with Crippen LogP contribution in [0.15, 0.2) is 59.0 Å². The number of aromatic nitrogens is 1. The van der Waals surface area contributed by atoms with Gasteiger partial charge in [0.1, 0.15) is 11.5 Å². The molecule has 10 heteroatoms. The van der Waals surface area contributed by atoms with Gasteiger partial charge in [-0.3, -0.25) is 0 Å². The van der Waals surface area contributed by atoms with Gasteiger partial charge < -0.3 is 14.4 Å². The van der Waals surface area contributed by atoms with Crippen LogP contribution in [-0.2, 0) is 18.6 Å². The number of benzene rings is 2. The Morgan fingerprint density at radius 3 is 2.00 bits per heavy atom. The topological polar surface area (TPSA) is 49.5 Å². The Morgan fingerprint density at radius 2 is 1.48 bits per heavy atom. The highest BCUT2D eigenvalue weighted by Gasteiger charge is 2.71. The number of rotatable bonds is 7. The maximum atomic E-state index is 13.1. The normalized spacial score (nSPS) is 12.8. The lowest BCUT2D eigenvalue weighted by atomic mass is 9.92. The molecule has 3 aromatic rings. The average molecular weight is 472 g/mol. The van der Waals surface area contributed by atoms with E-state index in [1.165, 1.54) is 0 Å². The van der Waals surface area contributed by atoms with Crippen molar-refractivity contribution in [3.8, 4) is 0 Å². The van der Waals surface area contributed by atoms with E-state index in [9.17, 15) is 31.4 Å². The highest BCUT2D eigenvalue weighted by Crippen LogP contribution is 2.50. The van der Waals surface area contributed by atoms with Gasteiger partial charge in [-0.2, -0.15) is 26.3 Å².